The minimum Gasteiger partial charge on any atom is -0.413 e. The first-order valence-electron chi connectivity index (χ1n) is 10.7. The number of carbonyl (C=O) groups excluding carboxylic acids is 1. The standard InChI is InChI=1S/C25H30Cl2N2O2SSi/c1-15-10-17(13-31-33(6,7)25(3,4)5)11-16(2)22(15)29-23(30)21-14-32-24(28-21)19-12-18(26)8-9-20(19)27/h8-12,14H,13H2,1-7H3,(H,29,30). The number of halogens is 2. The van der Waals surface area contributed by atoms with Crippen molar-refractivity contribution in [1.29, 1.82) is 0 Å². The van der Waals surface area contributed by atoms with Gasteiger partial charge >= 0.3 is 0 Å². The second kappa shape index (κ2) is 9.88. The normalized spacial score (nSPS) is 12.2. The summed E-state index contributed by atoms with van der Waals surface area (Å²) in [6.07, 6.45) is 0. The van der Waals surface area contributed by atoms with E-state index in [1.807, 2.05) is 13.8 Å². The average molecular weight is 522 g/mol. The lowest BCUT2D eigenvalue weighted by Gasteiger charge is -2.36. The van der Waals surface area contributed by atoms with E-state index in [1.54, 1.807) is 23.6 Å². The van der Waals surface area contributed by atoms with E-state index in [0.717, 1.165) is 22.4 Å². The molecule has 0 atom stereocenters. The van der Waals surface area contributed by atoms with Gasteiger partial charge in [0.2, 0.25) is 0 Å². The minimum atomic E-state index is -1.83. The zero-order valence-corrected chi connectivity index (χ0v) is 23.4. The fourth-order valence-electron chi connectivity index (χ4n) is 3.15. The minimum absolute atomic E-state index is 0.159. The molecule has 0 spiro atoms. The van der Waals surface area contributed by atoms with Crippen LogP contribution in [0.5, 0.6) is 0 Å². The van der Waals surface area contributed by atoms with Gasteiger partial charge in [0.25, 0.3) is 5.91 Å². The zero-order valence-electron chi connectivity index (χ0n) is 20.1. The van der Waals surface area contributed by atoms with E-state index in [2.05, 4.69) is 56.3 Å². The van der Waals surface area contributed by atoms with E-state index in [4.69, 9.17) is 27.6 Å². The van der Waals surface area contributed by atoms with E-state index in [-0.39, 0.29) is 10.9 Å². The number of aromatic nitrogens is 1. The van der Waals surface area contributed by atoms with E-state index in [1.165, 1.54) is 11.3 Å². The Morgan fingerprint density at radius 3 is 2.36 bits per heavy atom. The summed E-state index contributed by atoms with van der Waals surface area (Å²) in [5.74, 6) is -0.257. The maximum atomic E-state index is 12.9. The first-order valence-corrected chi connectivity index (χ1v) is 15.3. The molecule has 8 heteroatoms. The molecule has 33 heavy (non-hydrogen) atoms. The molecule has 1 amide bonds. The van der Waals surface area contributed by atoms with Gasteiger partial charge in [0.1, 0.15) is 10.7 Å². The predicted octanol–water partition coefficient (Wildman–Crippen LogP) is 8.51. The second-order valence-corrected chi connectivity index (χ2v) is 16.3. The Balaban J connectivity index is 1.75. The molecule has 4 nitrogen and oxygen atoms in total. The molecule has 1 heterocycles. The summed E-state index contributed by atoms with van der Waals surface area (Å²) in [7, 11) is -1.83. The van der Waals surface area contributed by atoms with Gasteiger partial charge < -0.3 is 9.74 Å². The van der Waals surface area contributed by atoms with E-state index < -0.39 is 8.32 Å². The average Bonchev–Trinajstić information content (AvgIpc) is 3.20. The highest BCUT2D eigenvalue weighted by molar-refractivity contribution is 7.13. The van der Waals surface area contributed by atoms with Crippen LogP contribution in [-0.4, -0.2) is 19.2 Å². The summed E-state index contributed by atoms with van der Waals surface area (Å²) in [4.78, 5) is 17.4. The fraction of sp³-hybridized carbons (Fsp3) is 0.360. The number of amides is 1. The SMILES string of the molecule is Cc1cc(CO[Si](C)(C)C(C)(C)C)cc(C)c1NC(=O)c1csc(-c2cc(Cl)ccc2Cl)n1. The predicted molar refractivity (Wildman–Crippen MR) is 143 cm³/mol. The van der Waals surface area contributed by atoms with Crippen LogP contribution in [0.15, 0.2) is 35.7 Å². The smallest absolute Gasteiger partial charge is 0.275 e. The van der Waals surface area contributed by atoms with Crippen LogP contribution in [0.1, 0.15) is 48.0 Å². The first kappa shape index (κ1) is 25.9. The topological polar surface area (TPSA) is 51.2 Å². The first-order chi connectivity index (χ1) is 15.3. The van der Waals surface area contributed by atoms with Crippen LogP contribution >= 0.6 is 34.5 Å². The molecule has 2 aromatic carbocycles. The maximum absolute atomic E-state index is 12.9. The third-order valence-corrected chi connectivity index (χ3v) is 12.1. The van der Waals surface area contributed by atoms with Gasteiger partial charge in [-0.25, -0.2) is 4.98 Å². The number of anilines is 1. The molecule has 0 saturated heterocycles. The van der Waals surface area contributed by atoms with Crippen LogP contribution < -0.4 is 5.32 Å². The van der Waals surface area contributed by atoms with Crippen molar-refractivity contribution in [2.75, 3.05) is 5.32 Å². The summed E-state index contributed by atoms with van der Waals surface area (Å²) in [5.41, 5.74) is 4.95. The zero-order chi connectivity index (χ0) is 24.6. The summed E-state index contributed by atoms with van der Waals surface area (Å²) in [6.45, 7) is 15.8. The van der Waals surface area contributed by atoms with Crippen molar-refractivity contribution in [2.24, 2.45) is 0 Å². The van der Waals surface area contributed by atoms with Crippen LogP contribution in [0.4, 0.5) is 5.69 Å². The number of nitrogens with one attached hydrogen (secondary N) is 1. The summed E-state index contributed by atoms with van der Waals surface area (Å²) >= 11 is 13.7. The Morgan fingerprint density at radius 2 is 1.76 bits per heavy atom. The molecule has 0 aliphatic heterocycles. The Hall–Kier alpha value is -1.70. The Morgan fingerprint density at radius 1 is 1.12 bits per heavy atom. The molecule has 1 aromatic heterocycles. The lowest BCUT2D eigenvalue weighted by Crippen LogP contribution is -2.40. The van der Waals surface area contributed by atoms with Gasteiger partial charge in [-0.05, 0) is 66.9 Å². The molecule has 0 aliphatic carbocycles. The fourth-order valence-corrected chi connectivity index (χ4v) is 5.38. The molecule has 0 radical (unpaired) electrons. The van der Waals surface area contributed by atoms with Crippen LogP contribution in [0, 0.1) is 13.8 Å². The molecule has 0 unspecified atom stereocenters. The number of hydrogen-bond acceptors (Lipinski definition) is 4. The van der Waals surface area contributed by atoms with Crippen molar-refractivity contribution in [3.05, 3.63) is 68.1 Å². The largest absolute Gasteiger partial charge is 0.413 e. The van der Waals surface area contributed by atoms with Gasteiger partial charge in [-0.1, -0.05) is 56.1 Å². The lowest BCUT2D eigenvalue weighted by molar-refractivity contribution is 0.102. The second-order valence-electron chi connectivity index (χ2n) is 9.77. The number of aryl methyl sites for hydroxylation is 2. The number of rotatable bonds is 6. The number of nitrogens with zero attached hydrogens (tertiary/aromatic N) is 1. The Labute approximate surface area is 211 Å². The van der Waals surface area contributed by atoms with Crippen LogP contribution in [0.3, 0.4) is 0 Å². The van der Waals surface area contributed by atoms with Gasteiger partial charge in [0, 0.05) is 21.7 Å². The molecular weight excluding hydrogens is 491 g/mol. The monoisotopic (exact) mass is 520 g/mol. The van der Waals surface area contributed by atoms with E-state index >= 15 is 0 Å². The van der Waals surface area contributed by atoms with Gasteiger partial charge in [-0.2, -0.15) is 0 Å². The summed E-state index contributed by atoms with van der Waals surface area (Å²) < 4.78 is 6.37. The maximum Gasteiger partial charge on any atom is 0.275 e. The van der Waals surface area contributed by atoms with Crippen LogP contribution in [-0.2, 0) is 11.0 Å². The highest BCUT2D eigenvalue weighted by atomic mass is 35.5. The van der Waals surface area contributed by atoms with E-state index in [9.17, 15) is 4.79 Å². The van der Waals surface area contributed by atoms with Gasteiger partial charge in [0.05, 0.1) is 11.6 Å². The molecule has 0 aliphatic rings. The number of carbonyl (C=O) groups is 1. The number of benzene rings is 2. The molecule has 0 fully saturated rings. The molecule has 0 bridgehead atoms. The third-order valence-electron chi connectivity index (χ3n) is 6.13. The quantitative estimate of drug-likeness (QED) is 0.331. The third kappa shape index (κ3) is 6.05. The molecule has 176 valence electrons. The van der Waals surface area contributed by atoms with Gasteiger partial charge in [-0.3, -0.25) is 4.79 Å². The lowest BCUT2D eigenvalue weighted by atomic mass is 10.0. The highest BCUT2D eigenvalue weighted by Crippen LogP contribution is 2.37. The van der Waals surface area contributed by atoms with Crippen LogP contribution in [0.2, 0.25) is 28.2 Å². The summed E-state index contributed by atoms with van der Waals surface area (Å²) in [6, 6.07) is 9.36. The van der Waals surface area contributed by atoms with Crippen molar-refractivity contribution in [3.8, 4) is 10.6 Å². The summed E-state index contributed by atoms with van der Waals surface area (Å²) in [5, 5.41) is 6.68. The van der Waals surface area contributed by atoms with Crippen molar-refractivity contribution in [2.45, 2.75) is 59.4 Å². The van der Waals surface area contributed by atoms with Gasteiger partial charge in [0.15, 0.2) is 8.32 Å². The van der Waals surface area contributed by atoms with Gasteiger partial charge in [-0.15, -0.1) is 11.3 Å². The van der Waals surface area contributed by atoms with Crippen molar-refractivity contribution in [1.82, 2.24) is 4.98 Å². The highest BCUT2D eigenvalue weighted by Gasteiger charge is 2.37. The Bertz CT molecular complexity index is 1160. The van der Waals surface area contributed by atoms with Crippen molar-refractivity contribution >= 4 is 54.5 Å². The molecule has 1 N–H and O–H groups in total. The molecular formula is C25H30Cl2N2O2SSi. The van der Waals surface area contributed by atoms with Crippen molar-refractivity contribution in [3.63, 3.8) is 0 Å². The molecule has 0 saturated carbocycles. The number of thiazole rings is 1. The molecule has 3 aromatic rings. The van der Waals surface area contributed by atoms with Crippen LogP contribution in [0.25, 0.3) is 10.6 Å². The molecule has 3 rings (SSSR count). The van der Waals surface area contributed by atoms with E-state index in [0.29, 0.717) is 32.9 Å². The van der Waals surface area contributed by atoms with Crippen molar-refractivity contribution < 1.29 is 9.22 Å². The Kier molecular flexibility index (Phi) is 7.76. The number of hydrogen-bond donors (Lipinski definition) is 1.